The summed E-state index contributed by atoms with van der Waals surface area (Å²) >= 11 is 0. The molecule has 4 rings (SSSR count). The largest absolute Gasteiger partial charge is 0.481 e. The third kappa shape index (κ3) is 7.86. The maximum absolute atomic E-state index is 14.0. The van der Waals surface area contributed by atoms with Crippen LogP contribution >= 0.6 is 7.37 Å². The van der Waals surface area contributed by atoms with Crippen molar-refractivity contribution in [3.8, 4) is 0 Å². The molecular weight excluding hydrogens is 541 g/mol. The van der Waals surface area contributed by atoms with Crippen LogP contribution in [0.2, 0.25) is 0 Å². The Balaban J connectivity index is 1.50. The second-order valence-corrected chi connectivity index (χ2v) is 13.4. The van der Waals surface area contributed by atoms with Gasteiger partial charge in [0.2, 0.25) is 7.37 Å². The molecule has 6 heteroatoms. The summed E-state index contributed by atoms with van der Waals surface area (Å²) in [5, 5.41) is 14.0. The molecule has 0 radical (unpaired) electrons. The predicted octanol–water partition coefficient (Wildman–Crippen LogP) is 8.14. The molecule has 0 aliphatic carbocycles. The molecule has 0 fully saturated rings. The van der Waals surface area contributed by atoms with Crippen LogP contribution in [0.1, 0.15) is 54.9 Å². The second-order valence-electron chi connectivity index (χ2n) is 10.6. The minimum Gasteiger partial charge on any atom is -0.481 e. The first kappa shape index (κ1) is 31.4. The molecular formula is C36H42NO4P. The van der Waals surface area contributed by atoms with Gasteiger partial charge < -0.3 is 9.63 Å². The lowest BCUT2D eigenvalue weighted by atomic mass is 9.77. The van der Waals surface area contributed by atoms with Gasteiger partial charge in [-0.1, -0.05) is 121 Å². The van der Waals surface area contributed by atoms with Gasteiger partial charge in [0.15, 0.2) is 0 Å². The lowest BCUT2D eigenvalue weighted by Gasteiger charge is -2.37. The van der Waals surface area contributed by atoms with Gasteiger partial charge in [-0.2, -0.15) is 0 Å². The molecule has 0 aliphatic heterocycles. The molecule has 4 aromatic carbocycles. The van der Waals surface area contributed by atoms with E-state index in [1.165, 1.54) is 5.56 Å². The predicted molar refractivity (Wildman–Crippen MR) is 171 cm³/mol. The highest BCUT2D eigenvalue weighted by atomic mass is 31.2. The first-order chi connectivity index (χ1) is 20.5. The molecule has 0 aromatic heterocycles. The molecule has 0 spiro atoms. The Morgan fingerprint density at radius 1 is 0.762 bits per heavy atom. The Morgan fingerprint density at radius 3 is 1.69 bits per heavy atom. The first-order valence-electron chi connectivity index (χ1n) is 14.9. The van der Waals surface area contributed by atoms with Crippen LogP contribution in [0.3, 0.4) is 0 Å². The highest BCUT2D eigenvalue weighted by Crippen LogP contribution is 2.54. The van der Waals surface area contributed by atoms with E-state index in [0.717, 1.165) is 29.5 Å². The van der Waals surface area contributed by atoms with Crippen LogP contribution < -0.4 is 5.32 Å². The molecule has 0 saturated carbocycles. The van der Waals surface area contributed by atoms with E-state index in [0.29, 0.717) is 19.4 Å². The minimum absolute atomic E-state index is 0.233. The fraction of sp³-hybridized carbons (Fsp3) is 0.306. The third-order valence-corrected chi connectivity index (χ3v) is 10.9. The van der Waals surface area contributed by atoms with Gasteiger partial charge in [-0.25, -0.2) is 0 Å². The van der Waals surface area contributed by atoms with E-state index in [1.807, 2.05) is 72.8 Å². The average Bonchev–Trinajstić information content (AvgIpc) is 3.03. The summed E-state index contributed by atoms with van der Waals surface area (Å²) in [7, 11) is -3.39. The number of benzene rings is 4. The van der Waals surface area contributed by atoms with E-state index in [9.17, 15) is 14.5 Å². The Kier molecular flexibility index (Phi) is 11.7. The Hall–Kier alpha value is -3.50. The fourth-order valence-electron chi connectivity index (χ4n) is 5.77. The second kappa shape index (κ2) is 15.7. The number of carbonyl (C=O) groups is 1. The average molecular weight is 584 g/mol. The smallest absolute Gasteiger partial charge is 0.316 e. The van der Waals surface area contributed by atoms with E-state index in [4.69, 9.17) is 4.52 Å². The third-order valence-electron chi connectivity index (χ3n) is 7.80. The molecule has 0 aliphatic rings. The van der Waals surface area contributed by atoms with Crippen molar-refractivity contribution in [1.82, 2.24) is 5.32 Å². The molecule has 0 saturated heterocycles. The monoisotopic (exact) mass is 583 g/mol. The van der Waals surface area contributed by atoms with Crippen LogP contribution in [-0.2, 0) is 25.8 Å². The number of aryl methyl sites for hydroxylation is 1. The van der Waals surface area contributed by atoms with Gasteiger partial charge in [0.05, 0.1) is 12.1 Å². The number of aliphatic carboxylic acids is 1. The summed E-state index contributed by atoms with van der Waals surface area (Å²) < 4.78 is 19.8. The molecule has 0 heterocycles. The summed E-state index contributed by atoms with van der Waals surface area (Å²) in [6, 6.07) is 41.1. The van der Waals surface area contributed by atoms with Gasteiger partial charge in [-0.15, -0.1) is 0 Å². The molecule has 5 nitrogen and oxygen atoms in total. The molecule has 0 amide bonds. The lowest BCUT2D eigenvalue weighted by molar-refractivity contribution is -0.136. The van der Waals surface area contributed by atoms with Gasteiger partial charge >= 0.3 is 5.97 Å². The summed E-state index contributed by atoms with van der Waals surface area (Å²) in [5.41, 5.74) is 2.84. The van der Waals surface area contributed by atoms with Crippen LogP contribution in [0, 0.1) is 0 Å². The van der Waals surface area contributed by atoms with E-state index >= 15 is 0 Å². The van der Waals surface area contributed by atoms with Crippen molar-refractivity contribution in [3.63, 3.8) is 0 Å². The van der Waals surface area contributed by atoms with Crippen LogP contribution in [0.25, 0.3) is 0 Å². The summed E-state index contributed by atoms with van der Waals surface area (Å²) in [6.45, 7) is 2.55. The normalized spacial score (nSPS) is 13.7. The zero-order valence-electron chi connectivity index (χ0n) is 24.4. The number of hydrogen-bond donors (Lipinski definition) is 2. The molecule has 2 N–H and O–H groups in total. The Labute approximate surface area is 250 Å². The van der Waals surface area contributed by atoms with E-state index in [-0.39, 0.29) is 19.2 Å². The fourth-order valence-corrected chi connectivity index (χ4v) is 8.40. The van der Waals surface area contributed by atoms with Crippen LogP contribution in [0.5, 0.6) is 0 Å². The quantitative estimate of drug-likeness (QED) is 0.0746. The molecule has 0 bridgehead atoms. The van der Waals surface area contributed by atoms with E-state index < -0.39 is 24.5 Å². The van der Waals surface area contributed by atoms with Crippen LogP contribution in [0.4, 0.5) is 0 Å². The van der Waals surface area contributed by atoms with E-state index in [1.54, 1.807) is 6.92 Å². The van der Waals surface area contributed by atoms with Crippen LogP contribution in [0.15, 0.2) is 121 Å². The number of unbranched alkanes of at least 4 members (excludes halogenated alkanes) is 1. The first-order valence-corrected chi connectivity index (χ1v) is 16.8. The van der Waals surface area contributed by atoms with Gasteiger partial charge in [-0.05, 0) is 67.8 Å². The molecule has 42 heavy (non-hydrogen) atoms. The highest BCUT2D eigenvalue weighted by Gasteiger charge is 2.39. The molecule has 220 valence electrons. The van der Waals surface area contributed by atoms with Crippen molar-refractivity contribution < 1.29 is 19.0 Å². The maximum Gasteiger partial charge on any atom is 0.316 e. The van der Waals surface area contributed by atoms with Crippen molar-refractivity contribution in [1.29, 1.82) is 0 Å². The van der Waals surface area contributed by atoms with Crippen molar-refractivity contribution in [2.24, 2.45) is 0 Å². The van der Waals surface area contributed by atoms with Crippen LogP contribution in [-0.4, -0.2) is 36.0 Å². The van der Waals surface area contributed by atoms with Gasteiger partial charge in [0.25, 0.3) is 0 Å². The number of carboxylic acid groups (broad SMARTS) is 1. The zero-order valence-corrected chi connectivity index (χ0v) is 25.3. The summed E-state index contributed by atoms with van der Waals surface area (Å²) in [6.07, 6.45) is 3.45. The van der Waals surface area contributed by atoms with Gasteiger partial charge in [-0.3, -0.25) is 14.7 Å². The SMILES string of the molecule is CCOP(=O)(CCCCc1ccccc1)C(CCCNC(c1ccccc1)(c1ccccc1)c1ccccc1)C(=O)O. The number of hydrogen-bond acceptors (Lipinski definition) is 4. The molecule has 2 unspecified atom stereocenters. The summed E-state index contributed by atoms with van der Waals surface area (Å²) in [4.78, 5) is 12.5. The van der Waals surface area contributed by atoms with Crippen molar-refractivity contribution in [3.05, 3.63) is 144 Å². The zero-order chi connectivity index (χ0) is 29.7. The summed E-state index contributed by atoms with van der Waals surface area (Å²) in [5.74, 6) is -1.05. The highest BCUT2D eigenvalue weighted by molar-refractivity contribution is 7.60. The number of rotatable bonds is 17. The number of carboxylic acids is 1. The standard InChI is InChI=1S/C36H42NO4P/c1-2-41-42(40,29-16-15-20-30-18-7-3-8-19-30)34(35(38)39)27-17-28-37-36(31-21-9-4-10-22-31,32-23-11-5-12-24-32)33-25-13-6-14-26-33/h3-14,18-19,21-26,34,37H,2,15-17,20,27-29H2,1H3,(H,38,39). The Bertz CT molecular complexity index is 1300. The van der Waals surface area contributed by atoms with Crippen molar-refractivity contribution >= 4 is 13.3 Å². The van der Waals surface area contributed by atoms with Crippen molar-refractivity contribution in [2.45, 2.75) is 50.2 Å². The van der Waals surface area contributed by atoms with Gasteiger partial charge in [0, 0.05) is 6.16 Å². The van der Waals surface area contributed by atoms with E-state index in [2.05, 4.69) is 53.8 Å². The van der Waals surface area contributed by atoms with Crippen molar-refractivity contribution in [2.75, 3.05) is 19.3 Å². The van der Waals surface area contributed by atoms with Gasteiger partial charge in [0.1, 0.15) is 5.66 Å². The molecule has 2 atom stereocenters. The molecule has 4 aromatic rings. The minimum atomic E-state index is -3.39. The lowest BCUT2D eigenvalue weighted by Crippen LogP contribution is -2.45. The number of nitrogens with one attached hydrogen (secondary N) is 1. The topological polar surface area (TPSA) is 75.6 Å². The maximum atomic E-state index is 14.0. The Morgan fingerprint density at radius 2 is 1.24 bits per heavy atom.